The summed E-state index contributed by atoms with van der Waals surface area (Å²) in [7, 11) is 0. The van der Waals surface area contributed by atoms with Crippen molar-refractivity contribution in [1.82, 2.24) is 15.1 Å². The number of rotatable bonds is 15. The average molecular weight is 907 g/mol. The van der Waals surface area contributed by atoms with Crippen molar-refractivity contribution in [2.75, 3.05) is 19.8 Å². The van der Waals surface area contributed by atoms with Crippen molar-refractivity contribution in [2.45, 2.75) is 75.9 Å². The van der Waals surface area contributed by atoms with Gasteiger partial charge in [0, 0.05) is 59.0 Å². The van der Waals surface area contributed by atoms with Crippen molar-refractivity contribution < 1.29 is 62.7 Å². The number of β-lactam (4-membered cyclic amide) rings is 1. The van der Waals surface area contributed by atoms with Crippen molar-refractivity contribution in [2.24, 2.45) is 11.8 Å². The molecule has 2 N–H and O–H groups in total. The van der Waals surface area contributed by atoms with Crippen LogP contribution in [0.2, 0.25) is 0 Å². The van der Waals surface area contributed by atoms with Gasteiger partial charge < -0.3 is 39.0 Å². The number of nitrogens with one attached hydrogen (secondary N) is 1. The minimum atomic E-state index is -1.01. The Balaban J connectivity index is 1.05. The molecular formula is C41H42N6O16S. The third-order valence-corrected chi connectivity index (χ3v) is 12.7. The molecule has 4 aliphatic heterocycles. The molecule has 0 unspecified atom stereocenters. The lowest BCUT2D eigenvalue weighted by molar-refractivity contribution is -0.385. The Morgan fingerprint density at radius 1 is 0.812 bits per heavy atom. The molecule has 7 rings (SSSR count). The molecule has 3 amide bonds. The predicted molar refractivity (Wildman–Crippen MR) is 221 cm³/mol. The van der Waals surface area contributed by atoms with E-state index in [2.05, 4.69) is 5.32 Å². The summed E-state index contributed by atoms with van der Waals surface area (Å²) in [5.74, 6) is -2.48. The number of esters is 1. The number of hydrogen-bond donors (Lipinski definition) is 2. The van der Waals surface area contributed by atoms with E-state index in [0.717, 1.165) is 0 Å². The predicted octanol–water partition coefficient (Wildman–Crippen LogP) is 4.70. The van der Waals surface area contributed by atoms with E-state index in [1.54, 1.807) is 0 Å². The summed E-state index contributed by atoms with van der Waals surface area (Å²) in [6.45, 7) is 2.70. The molecule has 3 saturated heterocycles. The van der Waals surface area contributed by atoms with Gasteiger partial charge in [-0.25, -0.2) is 14.4 Å². The molecule has 0 bridgehead atoms. The van der Waals surface area contributed by atoms with Gasteiger partial charge in [0.2, 0.25) is 5.91 Å². The van der Waals surface area contributed by atoms with Crippen molar-refractivity contribution in [3.63, 3.8) is 0 Å². The van der Waals surface area contributed by atoms with Crippen LogP contribution in [-0.2, 0) is 53.1 Å². The lowest BCUT2D eigenvalue weighted by atomic mass is 9.79. The highest BCUT2D eigenvalue weighted by molar-refractivity contribution is 8.03. The lowest BCUT2D eigenvalue weighted by Crippen LogP contribution is -2.63. The van der Waals surface area contributed by atoms with Gasteiger partial charge in [-0.15, -0.1) is 11.8 Å². The number of ether oxygens (including phenoxy) is 5. The topological polar surface area (TPSA) is 283 Å². The van der Waals surface area contributed by atoms with Crippen LogP contribution in [0, 0.1) is 42.2 Å². The number of likely N-dealkylation sites (tertiary alicyclic amines) is 1. The Morgan fingerprint density at radius 2 is 1.30 bits per heavy atom. The van der Waals surface area contributed by atoms with Crippen molar-refractivity contribution >= 4 is 52.9 Å². The molecule has 0 spiro atoms. The zero-order valence-electron chi connectivity index (χ0n) is 34.2. The number of non-ortho nitro benzene ring substituents is 3. The summed E-state index contributed by atoms with van der Waals surface area (Å²) in [4.78, 5) is 88.5. The van der Waals surface area contributed by atoms with Crippen molar-refractivity contribution in [1.29, 1.82) is 0 Å². The first-order valence-electron chi connectivity index (χ1n) is 20.0. The summed E-state index contributed by atoms with van der Waals surface area (Å²) >= 11 is 1.27. The molecule has 4 aliphatic rings. The lowest BCUT2D eigenvalue weighted by Gasteiger charge is -2.46. The van der Waals surface area contributed by atoms with Crippen LogP contribution >= 0.6 is 11.8 Å². The largest absolute Gasteiger partial charge is 0.456 e. The maximum Gasteiger partial charge on any atom is 0.410 e. The molecule has 22 nitrogen and oxygen atoms in total. The summed E-state index contributed by atoms with van der Waals surface area (Å²) in [6, 6.07) is 14.5. The number of nitro benzene ring substituents is 3. The minimum absolute atomic E-state index is 0.00149. The Labute approximate surface area is 367 Å². The maximum absolute atomic E-state index is 13.9. The molecule has 3 aromatic rings. The molecule has 64 heavy (non-hydrogen) atoms. The Kier molecular flexibility index (Phi) is 13.7. The molecule has 0 aromatic heterocycles. The fourth-order valence-corrected chi connectivity index (χ4v) is 9.53. The second-order valence-corrected chi connectivity index (χ2v) is 16.9. The first-order chi connectivity index (χ1) is 30.6. The number of aliphatic hydroxyl groups excluding tert-OH is 1. The molecule has 0 radical (unpaired) electrons. The fraction of sp³-hybridized carbons (Fsp3) is 0.415. The Bertz CT molecular complexity index is 2320. The van der Waals surface area contributed by atoms with Gasteiger partial charge in [-0.2, -0.15) is 0 Å². The molecule has 6 atom stereocenters. The van der Waals surface area contributed by atoms with E-state index >= 15 is 0 Å². The van der Waals surface area contributed by atoms with E-state index in [-0.39, 0.29) is 68.8 Å². The number of benzene rings is 3. The van der Waals surface area contributed by atoms with E-state index in [9.17, 15) is 54.6 Å². The van der Waals surface area contributed by atoms with Crippen LogP contribution in [0.4, 0.5) is 26.7 Å². The number of aliphatic hydroxyl groups is 1. The second-order valence-electron chi connectivity index (χ2n) is 15.5. The number of carbonyl (C=O) groups is 4. The molecule has 3 fully saturated rings. The Morgan fingerprint density at radius 3 is 1.78 bits per heavy atom. The average Bonchev–Trinajstić information content (AvgIpc) is 3.81. The molecule has 338 valence electrons. The number of carbonyl (C=O) groups excluding carboxylic acids is 4. The normalized spacial score (nSPS) is 24.3. The Hall–Kier alpha value is -6.69. The van der Waals surface area contributed by atoms with Gasteiger partial charge >= 0.3 is 18.2 Å². The van der Waals surface area contributed by atoms with Crippen LogP contribution in [0.15, 0.2) is 83.4 Å². The molecule has 0 saturated carbocycles. The highest BCUT2D eigenvalue weighted by Gasteiger charge is 2.61. The molecule has 0 aliphatic carbocycles. The second kappa shape index (κ2) is 19.4. The summed E-state index contributed by atoms with van der Waals surface area (Å²) < 4.78 is 28.7. The molecule has 3 aromatic carbocycles. The highest BCUT2D eigenvalue weighted by atomic mass is 32.2. The zero-order chi connectivity index (χ0) is 45.8. The van der Waals surface area contributed by atoms with Gasteiger partial charge in [-0.05, 0) is 66.4 Å². The van der Waals surface area contributed by atoms with Crippen molar-refractivity contribution in [3.05, 3.63) is 130 Å². The number of nitrogens with zero attached hydrogens (tertiary/aromatic N) is 5. The first-order valence-corrected chi connectivity index (χ1v) is 20.9. The van der Waals surface area contributed by atoms with Gasteiger partial charge in [0.05, 0.1) is 58.1 Å². The van der Waals surface area contributed by atoms with E-state index in [1.165, 1.54) is 101 Å². The zero-order valence-corrected chi connectivity index (χ0v) is 35.0. The highest BCUT2D eigenvalue weighted by Crippen LogP contribution is 2.53. The number of hydrogen-bond acceptors (Lipinski definition) is 17. The van der Waals surface area contributed by atoms with E-state index in [4.69, 9.17) is 23.7 Å². The van der Waals surface area contributed by atoms with Gasteiger partial charge in [0.15, 0.2) is 6.29 Å². The number of fused-ring (bicyclic) bond motifs is 1. The number of nitro groups is 3. The summed E-state index contributed by atoms with van der Waals surface area (Å²) in [5, 5.41) is 45.9. The summed E-state index contributed by atoms with van der Waals surface area (Å²) in [5.41, 5.74) is 1.10. The van der Waals surface area contributed by atoms with Gasteiger partial charge in [0.25, 0.3) is 17.1 Å². The quantitative estimate of drug-likeness (QED) is 0.0687. The van der Waals surface area contributed by atoms with Crippen LogP contribution in [-0.4, -0.2) is 109 Å². The van der Waals surface area contributed by atoms with Crippen LogP contribution < -0.4 is 5.32 Å². The maximum atomic E-state index is 13.9. The third-order valence-electron chi connectivity index (χ3n) is 11.2. The third kappa shape index (κ3) is 9.91. The standard InChI is InChI=1S/C41H42N6O16S/c1-22-34-33(23(2)48)37(49)44(34)35(38(50)59-17-24-3-9-28(10-4-24)45(53)54)36(22)64-31-15-32(43(16-31)41(52)63-19-26-7-13-30(14-8-26)47(57)58)39-60-20-27(21-61-39)42-40(51)62-18-25-5-11-29(12-6-25)46(55)56/h3-14,22-23,27,31-34,39,48H,15-21H2,1-2H3,(H,42,51)/t22-,23-,27?,31+,32+,33-,34-,39?/m1/s1. The smallest absolute Gasteiger partial charge is 0.410 e. The van der Waals surface area contributed by atoms with Crippen LogP contribution in [0.5, 0.6) is 0 Å². The van der Waals surface area contributed by atoms with Gasteiger partial charge in [-0.1, -0.05) is 6.92 Å². The summed E-state index contributed by atoms with van der Waals surface area (Å²) in [6.07, 6.45) is -3.31. The minimum Gasteiger partial charge on any atom is -0.456 e. The monoisotopic (exact) mass is 906 g/mol. The number of alkyl carbamates (subject to hydrolysis) is 1. The first kappa shape index (κ1) is 45.3. The van der Waals surface area contributed by atoms with Gasteiger partial charge in [-0.3, -0.25) is 40.0 Å². The van der Waals surface area contributed by atoms with E-state index < -0.39 is 86.4 Å². The SMILES string of the molecule is C[C@@H](O)[C@H]1C(=O)N2C(C(=O)OCc3ccc([N+](=O)[O-])cc3)=C(S[C@H]3C[C@@H](C4OCC(NC(=O)OCc5ccc([N+](=O)[O-])cc5)CO4)N(C(=O)OCc4ccc([N+](=O)[O-])cc4)C3)[C@H](C)[C@H]12. The molecular weight excluding hydrogens is 865 g/mol. The van der Waals surface area contributed by atoms with Gasteiger partial charge in [0.1, 0.15) is 25.5 Å². The number of thioether (sulfide) groups is 1. The molecule has 23 heteroatoms. The molecule has 4 heterocycles. The van der Waals surface area contributed by atoms with Crippen molar-refractivity contribution in [3.8, 4) is 0 Å². The van der Waals surface area contributed by atoms with Crippen LogP contribution in [0.25, 0.3) is 0 Å². The number of amides is 3. The fourth-order valence-electron chi connectivity index (χ4n) is 8.00. The van der Waals surface area contributed by atoms with Crippen LogP contribution in [0.3, 0.4) is 0 Å². The van der Waals surface area contributed by atoms with E-state index in [1.807, 2.05) is 6.92 Å². The van der Waals surface area contributed by atoms with Crippen LogP contribution in [0.1, 0.15) is 37.0 Å². The van der Waals surface area contributed by atoms with E-state index in [0.29, 0.717) is 21.6 Å².